The van der Waals surface area contributed by atoms with Crippen LogP contribution in [0.3, 0.4) is 0 Å². The SMILES string of the molecule is C=COC(C)C(C)OC(C)OC(C)OC(C)OC. The molecule has 0 saturated carbocycles. The summed E-state index contributed by atoms with van der Waals surface area (Å²) in [6.07, 6.45) is 0.107. The maximum Gasteiger partial charge on any atom is 0.161 e. The lowest BCUT2D eigenvalue weighted by Crippen LogP contribution is -2.32. The lowest BCUT2D eigenvalue weighted by molar-refractivity contribution is -0.285. The average molecular weight is 262 g/mol. The monoisotopic (exact) mass is 262 g/mol. The summed E-state index contributed by atoms with van der Waals surface area (Å²) in [5, 5.41) is 0. The van der Waals surface area contributed by atoms with Gasteiger partial charge < -0.3 is 23.7 Å². The third kappa shape index (κ3) is 7.66. The van der Waals surface area contributed by atoms with Crippen molar-refractivity contribution in [2.45, 2.75) is 65.7 Å². The molecule has 5 heteroatoms. The third-order valence-electron chi connectivity index (χ3n) is 2.48. The Hall–Kier alpha value is -0.620. The van der Waals surface area contributed by atoms with Gasteiger partial charge in [0.1, 0.15) is 6.10 Å². The molecule has 0 bridgehead atoms. The van der Waals surface area contributed by atoms with Gasteiger partial charge in [-0.3, -0.25) is 0 Å². The Kier molecular flexibility index (Phi) is 9.01. The van der Waals surface area contributed by atoms with Crippen LogP contribution in [0, 0.1) is 0 Å². The van der Waals surface area contributed by atoms with E-state index >= 15 is 0 Å². The normalized spacial score (nSPS) is 19.7. The van der Waals surface area contributed by atoms with Crippen LogP contribution in [0.15, 0.2) is 12.8 Å². The smallest absolute Gasteiger partial charge is 0.161 e. The molecule has 0 radical (unpaired) electrons. The van der Waals surface area contributed by atoms with Crippen molar-refractivity contribution in [1.82, 2.24) is 0 Å². The lowest BCUT2D eigenvalue weighted by Gasteiger charge is -2.26. The van der Waals surface area contributed by atoms with E-state index in [1.807, 2.05) is 20.8 Å². The first-order valence-corrected chi connectivity index (χ1v) is 6.16. The maximum absolute atomic E-state index is 5.63. The van der Waals surface area contributed by atoms with Crippen molar-refractivity contribution in [1.29, 1.82) is 0 Å². The molecule has 5 nitrogen and oxygen atoms in total. The molecule has 0 N–H and O–H groups in total. The number of methoxy groups -OCH3 is 1. The minimum Gasteiger partial charge on any atom is -0.496 e. The molecule has 0 saturated heterocycles. The second-order valence-electron chi connectivity index (χ2n) is 4.06. The molecular formula is C13H26O5. The second-order valence-corrected chi connectivity index (χ2v) is 4.06. The van der Waals surface area contributed by atoms with Gasteiger partial charge in [0.15, 0.2) is 18.9 Å². The number of rotatable bonds is 10. The van der Waals surface area contributed by atoms with Gasteiger partial charge in [-0.2, -0.15) is 0 Å². The summed E-state index contributed by atoms with van der Waals surface area (Å²) in [5.41, 5.74) is 0. The molecule has 0 spiro atoms. The van der Waals surface area contributed by atoms with Gasteiger partial charge in [0.05, 0.1) is 12.4 Å². The predicted octanol–water partition coefficient (Wildman–Crippen LogP) is 2.66. The minimum atomic E-state index is -0.405. The Labute approximate surface area is 110 Å². The molecule has 0 aromatic heterocycles. The quantitative estimate of drug-likeness (QED) is 0.447. The summed E-state index contributed by atoms with van der Waals surface area (Å²) in [6, 6.07) is 0. The molecule has 0 aliphatic heterocycles. The zero-order valence-corrected chi connectivity index (χ0v) is 12.2. The van der Waals surface area contributed by atoms with Gasteiger partial charge in [0.25, 0.3) is 0 Å². The largest absolute Gasteiger partial charge is 0.496 e. The van der Waals surface area contributed by atoms with E-state index < -0.39 is 12.6 Å². The zero-order valence-electron chi connectivity index (χ0n) is 12.2. The van der Waals surface area contributed by atoms with Gasteiger partial charge in [-0.1, -0.05) is 6.58 Å². The fourth-order valence-electron chi connectivity index (χ4n) is 1.33. The van der Waals surface area contributed by atoms with Gasteiger partial charge in [0, 0.05) is 7.11 Å². The van der Waals surface area contributed by atoms with E-state index in [2.05, 4.69) is 6.58 Å². The van der Waals surface area contributed by atoms with Crippen LogP contribution < -0.4 is 0 Å². The van der Waals surface area contributed by atoms with Crippen molar-refractivity contribution in [3.05, 3.63) is 12.8 Å². The second kappa shape index (κ2) is 9.33. The van der Waals surface area contributed by atoms with Crippen molar-refractivity contribution in [2.75, 3.05) is 7.11 Å². The maximum atomic E-state index is 5.63. The molecule has 0 fully saturated rings. The summed E-state index contributed by atoms with van der Waals surface area (Å²) < 4.78 is 26.7. The van der Waals surface area contributed by atoms with Crippen LogP contribution in [-0.2, 0) is 23.7 Å². The van der Waals surface area contributed by atoms with Crippen LogP contribution in [0.25, 0.3) is 0 Å². The van der Waals surface area contributed by atoms with E-state index in [1.165, 1.54) is 6.26 Å². The molecule has 0 amide bonds. The Morgan fingerprint density at radius 3 is 1.78 bits per heavy atom. The summed E-state index contributed by atoms with van der Waals surface area (Å²) in [6.45, 7) is 12.7. The van der Waals surface area contributed by atoms with Gasteiger partial charge >= 0.3 is 0 Å². The first-order valence-electron chi connectivity index (χ1n) is 6.16. The highest BCUT2D eigenvalue weighted by Crippen LogP contribution is 2.10. The highest BCUT2D eigenvalue weighted by molar-refractivity contribution is 4.64. The molecular weight excluding hydrogens is 236 g/mol. The van der Waals surface area contributed by atoms with E-state index in [0.717, 1.165) is 0 Å². The van der Waals surface area contributed by atoms with Crippen LogP contribution in [-0.4, -0.2) is 38.2 Å². The standard InChI is InChI=1S/C13H26O5/c1-8-15-9(2)10(3)16-12(5)18-13(6)17-11(4)14-7/h8-13H,1H2,2-7H3. The van der Waals surface area contributed by atoms with Crippen LogP contribution in [0.5, 0.6) is 0 Å². The highest BCUT2D eigenvalue weighted by atomic mass is 16.8. The van der Waals surface area contributed by atoms with E-state index in [9.17, 15) is 0 Å². The topological polar surface area (TPSA) is 46.2 Å². The number of hydrogen-bond acceptors (Lipinski definition) is 5. The lowest BCUT2D eigenvalue weighted by atomic mass is 10.2. The van der Waals surface area contributed by atoms with Crippen LogP contribution in [0.1, 0.15) is 34.6 Å². The third-order valence-corrected chi connectivity index (χ3v) is 2.48. The van der Waals surface area contributed by atoms with Gasteiger partial charge in [-0.05, 0) is 34.6 Å². The Morgan fingerprint density at radius 2 is 1.28 bits per heavy atom. The Morgan fingerprint density at radius 1 is 0.778 bits per heavy atom. The fraction of sp³-hybridized carbons (Fsp3) is 0.846. The van der Waals surface area contributed by atoms with E-state index in [4.69, 9.17) is 23.7 Å². The molecule has 18 heavy (non-hydrogen) atoms. The first-order chi connectivity index (χ1) is 8.40. The van der Waals surface area contributed by atoms with Crippen molar-refractivity contribution in [3.8, 4) is 0 Å². The molecule has 5 unspecified atom stereocenters. The van der Waals surface area contributed by atoms with Crippen molar-refractivity contribution in [3.63, 3.8) is 0 Å². The molecule has 0 aromatic carbocycles. The molecule has 0 rings (SSSR count). The van der Waals surface area contributed by atoms with Crippen molar-refractivity contribution >= 4 is 0 Å². The summed E-state index contributed by atoms with van der Waals surface area (Å²) in [4.78, 5) is 0. The van der Waals surface area contributed by atoms with E-state index in [1.54, 1.807) is 21.0 Å². The highest BCUT2D eigenvalue weighted by Gasteiger charge is 2.18. The Bertz CT molecular complexity index is 221. The summed E-state index contributed by atoms with van der Waals surface area (Å²) in [7, 11) is 1.58. The molecule has 0 aliphatic carbocycles. The molecule has 0 aromatic rings. The Balaban J connectivity index is 3.94. The van der Waals surface area contributed by atoms with Crippen molar-refractivity contribution < 1.29 is 23.7 Å². The van der Waals surface area contributed by atoms with Gasteiger partial charge in [0.2, 0.25) is 0 Å². The van der Waals surface area contributed by atoms with Crippen LogP contribution >= 0.6 is 0 Å². The van der Waals surface area contributed by atoms with Gasteiger partial charge in [-0.15, -0.1) is 0 Å². The van der Waals surface area contributed by atoms with Crippen molar-refractivity contribution in [2.24, 2.45) is 0 Å². The molecule has 0 aliphatic rings. The van der Waals surface area contributed by atoms with E-state index in [-0.39, 0.29) is 18.5 Å². The number of ether oxygens (including phenoxy) is 5. The molecule has 5 atom stereocenters. The van der Waals surface area contributed by atoms with Crippen LogP contribution in [0.2, 0.25) is 0 Å². The fourth-order valence-corrected chi connectivity index (χ4v) is 1.33. The van der Waals surface area contributed by atoms with Crippen LogP contribution in [0.4, 0.5) is 0 Å². The number of hydrogen-bond donors (Lipinski definition) is 0. The minimum absolute atomic E-state index is 0.0809. The van der Waals surface area contributed by atoms with Gasteiger partial charge in [-0.25, -0.2) is 0 Å². The summed E-state index contributed by atoms with van der Waals surface area (Å²) in [5.74, 6) is 0. The zero-order chi connectivity index (χ0) is 14.1. The summed E-state index contributed by atoms with van der Waals surface area (Å²) >= 11 is 0. The average Bonchev–Trinajstić information content (AvgIpc) is 2.28. The molecule has 108 valence electrons. The first kappa shape index (κ1) is 17.4. The molecule has 0 heterocycles. The predicted molar refractivity (Wildman–Crippen MR) is 68.9 cm³/mol. The van der Waals surface area contributed by atoms with E-state index in [0.29, 0.717) is 0 Å².